The number of aliphatic hydroxyl groups excluding tert-OH is 1. The summed E-state index contributed by atoms with van der Waals surface area (Å²) in [6.07, 6.45) is 1.09. The van der Waals surface area contributed by atoms with Crippen molar-refractivity contribution in [2.45, 2.75) is 13.0 Å². The van der Waals surface area contributed by atoms with Crippen LogP contribution >= 0.6 is 0 Å². The van der Waals surface area contributed by atoms with E-state index in [9.17, 15) is 5.11 Å². The molecule has 0 saturated carbocycles. The van der Waals surface area contributed by atoms with E-state index in [-0.39, 0.29) is 0 Å². The number of aryl methyl sites for hydroxylation is 1. The first-order chi connectivity index (χ1) is 11.7. The molecule has 1 unspecified atom stereocenters. The minimum Gasteiger partial charge on any atom is -0.387 e. The molecule has 5 heteroatoms. The molecule has 3 rings (SSSR count). The number of aromatic nitrogens is 2. The second-order valence-electron chi connectivity index (χ2n) is 5.56. The molecule has 1 aromatic heterocycles. The van der Waals surface area contributed by atoms with Crippen LogP contribution in [0.25, 0.3) is 0 Å². The van der Waals surface area contributed by atoms with E-state index in [2.05, 4.69) is 20.6 Å². The van der Waals surface area contributed by atoms with E-state index in [1.54, 1.807) is 12.3 Å². The maximum atomic E-state index is 10.2. The van der Waals surface area contributed by atoms with Crippen LogP contribution in [0, 0.1) is 6.92 Å². The fourth-order valence-corrected chi connectivity index (χ4v) is 2.28. The molecule has 24 heavy (non-hydrogen) atoms. The van der Waals surface area contributed by atoms with Crippen LogP contribution in [-0.2, 0) is 0 Å². The Kier molecular flexibility index (Phi) is 5.03. The van der Waals surface area contributed by atoms with Crippen molar-refractivity contribution in [1.29, 1.82) is 0 Å². The summed E-state index contributed by atoms with van der Waals surface area (Å²) in [7, 11) is 0. The van der Waals surface area contributed by atoms with Gasteiger partial charge in [0, 0.05) is 18.4 Å². The highest BCUT2D eigenvalue weighted by Gasteiger charge is 2.07. The Morgan fingerprint density at radius 3 is 2.50 bits per heavy atom. The molecular weight excluding hydrogens is 300 g/mol. The van der Waals surface area contributed by atoms with Crippen molar-refractivity contribution >= 4 is 17.5 Å². The molecule has 3 N–H and O–H groups in total. The Hall–Kier alpha value is -2.92. The molecule has 5 nitrogen and oxygen atoms in total. The van der Waals surface area contributed by atoms with Gasteiger partial charge in [-0.3, -0.25) is 0 Å². The van der Waals surface area contributed by atoms with Crippen molar-refractivity contribution in [3.63, 3.8) is 0 Å². The van der Waals surface area contributed by atoms with Gasteiger partial charge in [0.15, 0.2) is 0 Å². The number of nitrogens with zero attached hydrogens (tertiary/aromatic N) is 2. The lowest BCUT2D eigenvalue weighted by Crippen LogP contribution is -2.13. The summed E-state index contributed by atoms with van der Waals surface area (Å²) in [6.45, 7) is 2.42. The minimum absolute atomic E-state index is 0.380. The van der Waals surface area contributed by atoms with Crippen molar-refractivity contribution < 1.29 is 5.11 Å². The quantitative estimate of drug-likeness (QED) is 0.646. The molecule has 0 aliphatic heterocycles. The van der Waals surface area contributed by atoms with Gasteiger partial charge in [0.25, 0.3) is 0 Å². The summed E-state index contributed by atoms with van der Waals surface area (Å²) < 4.78 is 0. The third kappa shape index (κ3) is 4.30. The first-order valence-corrected chi connectivity index (χ1v) is 7.84. The molecule has 122 valence electrons. The molecule has 0 fully saturated rings. The topological polar surface area (TPSA) is 70.1 Å². The molecule has 0 radical (unpaired) electrons. The summed E-state index contributed by atoms with van der Waals surface area (Å²) >= 11 is 0. The Bertz CT molecular complexity index is 775. The SMILES string of the molecule is Cc1ccc(Nc2nccc(NCC(O)c3ccccc3)n2)cc1. The lowest BCUT2D eigenvalue weighted by molar-refractivity contribution is 0.191. The fraction of sp³-hybridized carbons (Fsp3) is 0.158. The molecule has 0 aliphatic carbocycles. The third-order valence-electron chi connectivity index (χ3n) is 3.62. The van der Waals surface area contributed by atoms with Crippen molar-refractivity contribution in [2.75, 3.05) is 17.2 Å². The zero-order chi connectivity index (χ0) is 16.8. The number of benzene rings is 2. The average Bonchev–Trinajstić information content (AvgIpc) is 2.63. The van der Waals surface area contributed by atoms with Gasteiger partial charge in [-0.05, 0) is 30.7 Å². The summed E-state index contributed by atoms with van der Waals surface area (Å²) in [5, 5.41) is 16.5. The second-order valence-corrected chi connectivity index (χ2v) is 5.56. The van der Waals surface area contributed by atoms with E-state index in [1.807, 2.05) is 61.5 Å². The Morgan fingerprint density at radius 2 is 1.75 bits per heavy atom. The van der Waals surface area contributed by atoms with E-state index in [1.165, 1.54) is 5.56 Å². The predicted molar refractivity (Wildman–Crippen MR) is 96.4 cm³/mol. The Labute approximate surface area is 141 Å². The second kappa shape index (κ2) is 7.57. The number of hydrogen-bond donors (Lipinski definition) is 3. The maximum Gasteiger partial charge on any atom is 0.229 e. The zero-order valence-electron chi connectivity index (χ0n) is 13.5. The van der Waals surface area contributed by atoms with Crippen LogP contribution in [0.2, 0.25) is 0 Å². The van der Waals surface area contributed by atoms with Crippen LogP contribution < -0.4 is 10.6 Å². The number of rotatable bonds is 6. The molecule has 0 bridgehead atoms. The van der Waals surface area contributed by atoms with Crippen LogP contribution in [0.5, 0.6) is 0 Å². The standard InChI is InChI=1S/C19H20N4O/c1-14-7-9-16(10-8-14)22-19-20-12-11-18(23-19)21-13-17(24)15-5-3-2-4-6-15/h2-12,17,24H,13H2,1H3,(H2,20,21,22,23). The van der Waals surface area contributed by atoms with Crippen molar-refractivity contribution in [3.8, 4) is 0 Å². The minimum atomic E-state index is -0.588. The van der Waals surface area contributed by atoms with Crippen LogP contribution in [0.3, 0.4) is 0 Å². The van der Waals surface area contributed by atoms with Crippen LogP contribution in [-0.4, -0.2) is 21.6 Å². The zero-order valence-corrected chi connectivity index (χ0v) is 13.5. The van der Waals surface area contributed by atoms with E-state index in [4.69, 9.17) is 0 Å². The smallest absolute Gasteiger partial charge is 0.229 e. The summed E-state index contributed by atoms with van der Waals surface area (Å²) in [5.41, 5.74) is 3.01. The summed E-state index contributed by atoms with van der Waals surface area (Å²) in [6, 6.07) is 19.3. The third-order valence-corrected chi connectivity index (χ3v) is 3.62. The Balaban J connectivity index is 1.62. The largest absolute Gasteiger partial charge is 0.387 e. The van der Waals surface area contributed by atoms with Crippen LogP contribution in [0.4, 0.5) is 17.5 Å². The molecule has 1 atom stereocenters. The van der Waals surface area contributed by atoms with Gasteiger partial charge in [-0.15, -0.1) is 0 Å². The molecule has 2 aromatic carbocycles. The van der Waals surface area contributed by atoms with E-state index in [0.29, 0.717) is 18.3 Å². The molecule has 0 saturated heterocycles. The van der Waals surface area contributed by atoms with Crippen LogP contribution in [0.15, 0.2) is 66.9 Å². The maximum absolute atomic E-state index is 10.2. The Morgan fingerprint density at radius 1 is 1.00 bits per heavy atom. The highest BCUT2D eigenvalue weighted by Crippen LogP contribution is 2.16. The number of nitrogens with one attached hydrogen (secondary N) is 2. The van der Waals surface area contributed by atoms with Gasteiger partial charge in [-0.1, -0.05) is 48.0 Å². The highest BCUT2D eigenvalue weighted by molar-refractivity contribution is 5.55. The van der Waals surface area contributed by atoms with Gasteiger partial charge in [0.2, 0.25) is 5.95 Å². The summed E-state index contributed by atoms with van der Waals surface area (Å²) in [5.74, 6) is 1.17. The normalized spacial score (nSPS) is 11.8. The molecule has 0 spiro atoms. The molecule has 0 aliphatic rings. The lowest BCUT2D eigenvalue weighted by atomic mass is 10.1. The molecular formula is C19H20N4O. The number of hydrogen-bond acceptors (Lipinski definition) is 5. The van der Waals surface area contributed by atoms with Gasteiger partial charge >= 0.3 is 0 Å². The molecule has 3 aromatic rings. The van der Waals surface area contributed by atoms with Crippen LogP contribution in [0.1, 0.15) is 17.2 Å². The number of anilines is 3. The van der Waals surface area contributed by atoms with E-state index in [0.717, 1.165) is 11.3 Å². The van der Waals surface area contributed by atoms with Gasteiger partial charge in [0.05, 0.1) is 6.10 Å². The van der Waals surface area contributed by atoms with E-state index < -0.39 is 6.10 Å². The highest BCUT2D eigenvalue weighted by atomic mass is 16.3. The van der Waals surface area contributed by atoms with Gasteiger partial charge in [0.1, 0.15) is 5.82 Å². The van der Waals surface area contributed by atoms with Gasteiger partial charge in [-0.25, -0.2) is 4.98 Å². The predicted octanol–water partition coefficient (Wildman–Crippen LogP) is 3.67. The number of aliphatic hydroxyl groups is 1. The van der Waals surface area contributed by atoms with Crippen molar-refractivity contribution in [1.82, 2.24) is 9.97 Å². The lowest BCUT2D eigenvalue weighted by Gasteiger charge is -2.13. The summed E-state index contributed by atoms with van der Waals surface area (Å²) in [4.78, 5) is 8.63. The molecule has 0 amide bonds. The fourth-order valence-electron chi connectivity index (χ4n) is 2.28. The first kappa shape index (κ1) is 16.0. The van der Waals surface area contributed by atoms with Crippen molar-refractivity contribution in [2.24, 2.45) is 0 Å². The molecule has 1 heterocycles. The first-order valence-electron chi connectivity index (χ1n) is 7.84. The van der Waals surface area contributed by atoms with Gasteiger partial charge in [-0.2, -0.15) is 4.98 Å². The van der Waals surface area contributed by atoms with Crippen molar-refractivity contribution in [3.05, 3.63) is 78.0 Å². The average molecular weight is 320 g/mol. The van der Waals surface area contributed by atoms with Gasteiger partial charge < -0.3 is 15.7 Å². The monoisotopic (exact) mass is 320 g/mol. The van der Waals surface area contributed by atoms with E-state index >= 15 is 0 Å².